The molecule has 0 N–H and O–H groups in total. The van der Waals surface area contributed by atoms with E-state index < -0.39 is 0 Å². The van der Waals surface area contributed by atoms with Gasteiger partial charge in [0.1, 0.15) is 0 Å². The Hall–Kier alpha value is -1.05. The van der Waals surface area contributed by atoms with E-state index in [0.717, 1.165) is 12.1 Å². The molecule has 0 aliphatic heterocycles. The Labute approximate surface area is 101 Å². The summed E-state index contributed by atoms with van der Waals surface area (Å²) in [6.45, 7) is 0. The van der Waals surface area contributed by atoms with Crippen LogP contribution in [0.25, 0.3) is 0 Å². The number of rotatable bonds is 2. The van der Waals surface area contributed by atoms with Gasteiger partial charge in [-0.25, -0.2) is 0 Å². The number of halogens is 2. The molecule has 0 saturated heterocycles. The molecule has 15 heavy (non-hydrogen) atoms. The second-order valence-corrected chi connectivity index (χ2v) is 3.53. The molecule has 0 fully saturated rings. The normalized spacial score (nSPS) is 9.40. The highest BCUT2D eigenvalue weighted by Crippen LogP contribution is 2.05. The molecule has 2 rings (SSSR count). The van der Waals surface area contributed by atoms with Gasteiger partial charge in [-0.3, -0.25) is 0 Å². The van der Waals surface area contributed by atoms with E-state index in [2.05, 4.69) is 12.1 Å². The van der Waals surface area contributed by atoms with Crippen LogP contribution in [-0.4, -0.2) is 0 Å². The summed E-state index contributed by atoms with van der Waals surface area (Å²) < 4.78 is 1.63. The van der Waals surface area contributed by atoms with Gasteiger partial charge in [-0.2, -0.15) is 0 Å². The number of pyridine rings is 1. The summed E-state index contributed by atoms with van der Waals surface area (Å²) in [7, 11) is 0. The minimum Gasteiger partial charge on any atom is -1.00 e. The Bertz CT molecular complexity index is 415. The Morgan fingerprint density at radius 2 is 1.60 bits per heavy atom. The first-order chi connectivity index (χ1) is 6.86. The van der Waals surface area contributed by atoms with E-state index in [1.54, 1.807) is 4.09 Å². The zero-order valence-corrected chi connectivity index (χ0v) is 9.62. The fourth-order valence-corrected chi connectivity index (χ4v) is 1.58. The van der Waals surface area contributed by atoms with Crippen molar-refractivity contribution < 1.29 is 16.5 Å². The molecule has 0 aliphatic rings. The van der Waals surface area contributed by atoms with Gasteiger partial charge in [0.25, 0.3) is 11.8 Å². The van der Waals surface area contributed by atoms with Crippen molar-refractivity contribution >= 4 is 11.8 Å². The van der Waals surface area contributed by atoms with E-state index in [1.807, 2.05) is 42.6 Å². The lowest BCUT2D eigenvalue weighted by Gasteiger charge is -1.97. The summed E-state index contributed by atoms with van der Waals surface area (Å²) in [5.74, 6) is 0. The maximum atomic E-state index is 5.99. The van der Waals surface area contributed by atoms with Crippen molar-refractivity contribution in [3.63, 3.8) is 0 Å². The molecule has 0 amide bonds. The standard InChI is InChI=1S/C12H11ClN.ClH/c13-14-9-5-4-8-12(14)10-11-6-2-1-3-7-11;/h1-9H,10H2;1H/q+1;/p-1. The lowest BCUT2D eigenvalue weighted by molar-refractivity contribution is -0.528. The maximum Gasteiger partial charge on any atom is 0.268 e. The molecule has 0 saturated carbocycles. The van der Waals surface area contributed by atoms with Gasteiger partial charge in [-0.1, -0.05) is 34.4 Å². The van der Waals surface area contributed by atoms with Crippen LogP contribution in [0.4, 0.5) is 0 Å². The highest BCUT2D eigenvalue weighted by atomic mass is 35.5. The number of aromatic nitrogens is 1. The summed E-state index contributed by atoms with van der Waals surface area (Å²) in [6, 6.07) is 16.2. The van der Waals surface area contributed by atoms with Gasteiger partial charge >= 0.3 is 0 Å². The van der Waals surface area contributed by atoms with E-state index in [-0.39, 0.29) is 12.4 Å². The van der Waals surface area contributed by atoms with Gasteiger partial charge in [0.15, 0.2) is 6.20 Å². The molecule has 0 unspecified atom stereocenters. The summed E-state index contributed by atoms with van der Waals surface area (Å²) in [6.07, 6.45) is 2.71. The molecule has 1 aromatic heterocycles. The van der Waals surface area contributed by atoms with E-state index in [4.69, 9.17) is 11.8 Å². The van der Waals surface area contributed by atoms with Crippen molar-refractivity contribution in [3.05, 3.63) is 66.0 Å². The first-order valence-electron chi connectivity index (χ1n) is 4.56. The van der Waals surface area contributed by atoms with Gasteiger partial charge in [0.05, 0.1) is 6.42 Å². The molecule has 0 bridgehead atoms. The van der Waals surface area contributed by atoms with Crippen LogP contribution in [0.15, 0.2) is 54.7 Å². The number of hydrogen-bond donors (Lipinski definition) is 0. The Kier molecular flexibility index (Phi) is 4.60. The second kappa shape index (κ2) is 5.74. The second-order valence-electron chi connectivity index (χ2n) is 3.17. The average Bonchev–Trinajstić information content (AvgIpc) is 2.23. The lowest BCUT2D eigenvalue weighted by atomic mass is 10.1. The van der Waals surface area contributed by atoms with Crippen molar-refractivity contribution in [2.75, 3.05) is 0 Å². The third kappa shape index (κ3) is 3.22. The topological polar surface area (TPSA) is 3.88 Å². The summed E-state index contributed by atoms with van der Waals surface area (Å²) in [5.41, 5.74) is 2.37. The van der Waals surface area contributed by atoms with Crippen molar-refractivity contribution in [1.82, 2.24) is 0 Å². The van der Waals surface area contributed by atoms with Gasteiger partial charge < -0.3 is 12.4 Å². The number of hydrogen-bond acceptors (Lipinski definition) is 0. The minimum atomic E-state index is 0. The molecule has 1 heterocycles. The van der Waals surface area contributed by atoms with Crippen LogP contribution in [-0.2, 0) is 6.42 Å². The third-order valence-electron chi connectivity index (χ3n) is 2.12. The van der Waals surface area contributed by atoms with Crippen molar-refractivity contribution in [1.29, 1.82) is 0 Å². The van der Waals surface area contributed by atoms with Crippen molar-refractivity contribution in [2.45, 2.75) is 6.42 Å². The molecule has 0 radical (unpaired) electrons. The molecule has 2 aromatic rings. The van der Waals surface area contributed by atoms with Crippen molar-refractivity contribution in [2.24, 2.45) is 0 Å². The molecule has 0 aliphatic carbocycles. The Morgan fingerprint density at radius 1 is 0.933 bits per heavy atom. The molecule has 1 aromatic carbocycles. The first kappa shape index (κ1) is 12.0. The predicted octanol–water partition coefficient (Wildman–Crippen LogP) is -0.429. The zero-order valence-electron chi connectivity index (χ0n) is 8.11. The smallest absolute Gasteiger partial charge is 0.268 e. The molecule has 3 heteroatoms. The highest BCUT2D eigenvalue weighted by Gasteiger charge is 2.07. The average molecular weight is 240 g/mol. The van der Waals surface area contributed by atoms with Crippen LogP contribution < -0.4 is 16.5 Å². The van der Waals surface area contributed by atoms with Crippen LogP contribution in [0.5, 0.6) is 0 Å². The van der Waals surface area contributed by atoms with Gasteiger partial charge in [-0.05, 0) is 11.6 Å². The molecular weight excluding hydrogens is 229 g/mol. The van der Waals surface area contributed by atoms with Crippen LogP contribution >= 0.6 is 11.8 Å². The SMILES string of the molecule is Cl[n+]1ccccc1Cc1ccccc1.[Cl-]. The molecule has 78 valence electrons. The molecule has 1 nitrogen and oxygen atoms in total. The van der Waals surface area contributed by atoms with Gasteiger partial charge in [0.2, 0.25) is 5.69 Å². The summed E-state index contributed by atoms with van der Waals surface area (Å²) >= 11 is 5.99. The van der Waals surface area contributed by atoms with E-state index in [9.17, 15) is 0 Å². The Morgan fingerprint density at radius 3 is 2.27 bits per heavy atom. The fourth-order valence-electron chi connectivity index (χ4n) is 1.40. The third-order valence-corrected chi connectivity index (χ3v) is 2.45. The summed E-state index contributed by atoms with van der Waals surface area (Å²) in [5, 5.41) is 0. The number of benzene rings is 1. The van der Waals surface area contributed by atoms with E-state index in [0.29, 0.717) is 0 Å². The quantitative estimate of drug-likeness (QED) is 0.670. The predicted molar refractivity (Wildman–Crippen MR) is 57.1 cm³/mol. The monoisotopic (exact) mass is 239 g/mol. The van der Waals surface area contributed by atoms with Crippen LogP contribution in [0.1, 0.15) is 11.3 Å². The first-order valence-corrected chi connectivity index (χ1v) is 4.90. The van der Waals surface area contributed by atoms with E-state index >= 15 is 0 Å². The number of nitrogens with zero attached hydrogens (tertiary/aromatic N) is 1. The lowest BCUT2D eigenvalue weighted by Crippen LogP contribution is -3.00. The van der Waals surface area contributed by atoms with Crippen molar-refractivity contribution in [3.8, 4) is 0 Å². The fraction of sp³-hybridized carbons (Fsp3) is 0.0833. The maximum absolute atomic E-state index is 5.99. The molecule has 0 spiro atoms. The van der Waals surface area contributed by atoms with Crippen LogP contribution in [0, 0.1) is 0 Å². The molecule has 0 atom stereocenters. The van der Waals surface area contributed by atoms with Gasteiger partial charge in [0, 0.05) is 12.1 Å². The minimum absolute atomic E-state index is 0. The van der Waals surface area contributed by atoms with Gasteiger partial charge in [-0.15, -0.1) is 0 Å². The van der Waals surface area contributed by atoms with E-state index in [1.165, 1.54) is 5.56 Å². The summed E-state index contributed by atoms with van der Waals surface area (Å²) in [4.78, 5) is 0. The Balaban J connectivity index is 0.00000112. The largest absolute Gasteiger partial charge is 1.00 e. The highest BCUT2D eigenvalue weighted by molar-refractivity contribution is 6.04. The zero-order chi connectivity index (χ0) is 9.80. The molecular formula is C12H11Cl2N. The van der Waals surface area contributed by atoms with Crippen LogP contribution in [0.3, 0.4) is 0 Å². The van der Waals surface area contributed by atoms with Crippen LogP contribution in [0.2, 0.25) is 0 Å².